The van der Waals surface area contributed by atoms with Crippen LogP contribution >= 0.6 is 0 Å². The standard InChI is InChI=1S/C16H25N3O/c1-11(2)14-10-19(15(9-18-14)12(3)4)16(20)13-7-5-6-8-17-13/h5-8,11-12,14-15,18H,9-10H2,1-4H3. The highest BCUT2D eigenvalue weighted by Crippen LogP contribution is 2.20. The molecule has 1 amide bonds. The Kier molecular flexibility index (Phi) is 4.76. The molecule has 2 atom stereocenters. The van der Waals surface area contributed by atoms with Crippen molar-refractivity contribution in [3.05, 3.63) is 30.1 Å². The van der Waals surface area contributed by atoms with Crippen molar-refractivity contribution in [2.45, 2.75) is 39.8 Å². The average molecular weight is 275 g/mol. The predicted octanol–water partition coefficient (Wildman–Crippen LogP) is 2.18. The minimum Gasteiger partial charge on any atom is -0.331 e. The van der Waals surface area contributed by atoms with Crippen molar-refractivity contribution in [3.63, 3.8) is 0 Å². The molecule has 2 rings (SSSR count). The van der Waals surface area contributed by atoms with Gasteiger partial charge in [-0.1, -0.05) is 33.8 Å². The summed E-state index contributed by atoms with van der Waals surface area (Å²) in [5.74, 6) is 1.00. The zero-order valence-corrected chi connectivity index (χ0v) is 12.8. The van der Waals surface area contributed by atoms with Crippen LogP contribution < -0.4 is 5.32 Å². The number of hydrogen-bond donors (Lipinski definition) is 1. The molecule has 0 bridgehead atoms. The first-order chi connectivity index (χ1) is 9.50. The molecule has 0 aromatic carbocycles. The second-order valence-corrected chi connectivity index (χ2v) is 6.24. The third kappa shape index (κ3) is 3.18. The third-order valence-corrected chi connectivity index (χ3v) is 4.10. The van der Waals surface area contributed by atoms with Gasteiger partial charge >= 0.3 is 0 Å². The highest BCUT2D eigenvalue weighted by molar-refractivity contribution is 5.92. The number of rotatable bonds is 3. The summed E-state index contributed by atoms with van der Waals surface area (Å²) in [4.78, 5) is 18.9. The van der Waals surface area contributed by atoms with Gasteiger partial charge in [-0.3, -0.25) is 9.78 Å². The molecule has 1 aliphatic rings. The second-order valence-electron chi connectivity index (χ2n) is 6.24. The lowest BCUT2D eigenvalue weighted by Gasteiger charge is -2.43. The average Bonchev–Trinajstić information content (AvgIpc) is 2.46. The monoisotopic (exact) mass is 275 g/mol. The van der Waals surface area contributed by atoms with E-state index < -0.39 is 0 Å². The van der Waals surface area contributed by atoms with Crippen LogP contribution in [0.3, 0.4) is 0 Å². The van der Waals surface area contributed by atoms with Crippen molar-refractivity contribution >= 4 is 5.91 Å². The highest BCUT2D eigenvalue weighted by atomic mass is 16.2. The minimum absolute atomic E-state index is 0.0523. The first-order valence-corrected chi connectivity index (χ1v) is 7.46. The van der Waals surface area contributed by atoms with Gasteiger partial charge in [0, 0.05) is 31.4 Å². The Labute approximate surface area is 121 Å². The number of nitrogens with one attached hydrogen (secondary N) is 1. The second kappa shape index (κ2) is 6.35. The molecular formula is C16H25N3O. The number of carbonyl (C=O) groups excluding carboxylic acids is 1. The maximum Gasteiger partial charge on any atom is 0.272 e. The van der Waals surface area contributed by atoms with Gasteiger partial charge in [0.05, 0.1) is 0 Å². The Hall–Kier alpha value is -1.42. The van der Waals surface area contributed by atoms with Crippen molar-refractivity contribution in [2.75, 3.05) is 13.1 Å². The van der Waals surface area contributed by atoms with Crippen LogP contribution in [0.2, 0.25) is 0 Å². The molecule has 0 spiro atoms. The summed E-state index contributed by atoms with van der Waals surface area (Å²) < 4.78 is 0. The zero-order chi connectivity index (χ0) is 14.7. The first-order valence-electron chi connectivity index (χ1n) is 7.46. The van der Waals surface area contributed by atoms with E-state index in [0.29, 0.717) is 23.6 Å². The topological polar surface area (TPSA) is 45.2 Å². The SMILES string of the molecule is CC(C)C1CN(C(=O)c2ccccn2)C(C(C)C)CN1. The van der Waals surface area contributed by atoms with Crippen LogP contribution in [0.5, 0.6) is 0 Å². The summed E-state index contributed by atoms with van der Waals surface area (Å²) in [7, 11) is 0. The van der Waals surface area contributed by atoms with E-state index in [-0.39, 0.29) is 11.9 Å². The summed E-state index contributed by atoms with van der Waals surface area (Å²) in [6.07, 6.45) is 1.68. The largest absolute Gasteiger partial charge is 0.331 e. The Bertz CT molecular complexity index is 444. The van der Waals surface area contributed by atoms with Crippen LogP contribution in [-0.2, 0) is 0 Å². The molecule has 4 nitrogen and oxygen atoms in total. The van der Waals surface area contributed by atoms with Crippen LogP contribution in [-0.4, -0.2) is 41.0 Å². The summed E-state index contributed by atoms with van der Waals surface area (Å²) in [5, 5.41) is 3.57. The van der Waals surface area contributed by atoms with E-state index >= 15 is 0 Å². The molecule has 1 N–H and O–H groups in total. The Morgan fingerprint density at radius 3 is 2.60 bits per heavy atom. The van der Waals surface area contributed by atoms with E-state index in [4.69, 9.17) is 0 Å². The van der Waals surface area contributed by atoms with Crippen LogP contribution in [0.1, 0.15) is 38.2 Å². The molecule has 0 aliphatic carbocycles. The molecule has 1 aromatic rings. The summed E-state index contributed by atoms with van der Waals surface area (Å²) in [5.41, 5.74) is 0.544. The van der Waals surface area contributed by atoms with Crippen molar-refractivity contribution in [1.82, 2.24) is 15.2 Å². The molecule has 20 heavy (non-hydrogen) atoms. The Morgan fingerprint density at radius 1 is 1.30 bits per heavy atom. The quantitative estimate of drug-likeness (QED) is 0.919. The van der Waals surface area contributed by atoms with Crippen molar-refractivity contribution in [2.24, 2.45) is 11.8 Å². The van der Waals surface area contributed by atoms with Gasteiger partial charge in [0.25, 0.3) is 5.91 Å². The normalized spacial score (nSPS) is 23.4. The summed E-state index contributed by atoms with van der Waals surface area (Å²) in [6.45, 7) is 10.3. The van der Waals surface area contributed by atoms with Gasteiger partial charge in [0.1, 0.15) is 5.69 Å². The van der Waals surface area contributed by atoms with Gasteiger partial charge in [-0.2, -0.15) is 0 Å². The van der Waals surface area contributed by atoms with E-state index in [1.807, 2.05) is 17.0 Å². The van der Waals surface area contributed by atoms with E-state index in [1.165, 1.54) is 0 Å². The minimum atomic E-state index is 0.0523. The Morgan fingerprint density at radius 2 is 2.05 bits per heavy atom. The molecule has 1 saturated heterocycles. The molecule has 1 aromatic heterocycles. The molecule has 1 aliphatic heterocycles. The smallest absolute Gasteiger partial charge is 0.272 e. The van der Waals surface area contributed by atoms with Gasteiger partial charge in [0.15, 0.2) is 0 Å². The zero-order valence-electron chi connectivity index (χ0n) is 12.8. The van der Waals surface area contributed by atoms with Gasteiger partial charge in [-0.05, 0) is 24.0 Å². The number of hydrogen-bond acceptors (Lipinski definition) is 3. The molecule has 0 saturated carbocycles. The fraction of sp³-hybridized carbons (Fsp3) is 0.625. The van der Waals surface area contributed by atoms with Gasteiger partial charge in [-0.15, -0.1) is 0 Å². The molecular weight excluding hydrogens is 250 g/mol. The van der Waals surface area contributed by atoms with Crippen molar-refractivity contribution < 1.29 is 4.79 Å². The number of nitrogens with zero attached hydrogens (tertiary/aromatic N) is 2. The molecule has 110 valence electrons. The van der Waals surface area contributed by atoms with Gasteiger partial charge in [0.2, 0.25) is 0 Å². The summed E-state index contributed by atoms with van der Waals surface area (Å²) >= 11 is 0. The van der Waals surface area contributed by atoms with Gasteiger partial charge < -0.3 is 10.2 Å². The lowest BCUT2D eigenvalue weighted by Crippen LogP contribution is -2.61. The molecule has 1 fully saturated rings. The Balaban J connectivity index is 2.21. The van der Waals surface area contributed by atoms with E-state index in [2.05, 4.69) is 38.0 Å². The lowest BCUT2D eigenvalue weighted by atomic mass is 9.94. The van der Waals surface area contributed by atoms with E-state index in [1.54, 1.807) is 12.3 Å². The van der Waals surface area contributed by atoms with Crippen LogP contribution in [0.25, 0.3) is 0 Å². The summed E-state index contributed by atoms with van der Waals surface area (Å²) in [6, 6.07) is 6.10. The lowest BCUT2D eigenvalue weighted by molar-refractivity contribution is 0.0469. The number of aromatic nitrogens is 1. The number of carbonyl (C=O) groups is 1. The van der Waals surface area contributed by atoms with E-state index in [0.717, 1.165) is 13.1 Å². The highest BCUT2D eigenvalue weighted by Gasteiger charge is 2.34. The fourth-order valence-corrected chi connectivity index (χ4v) is 2.71. The number of amides is 1. The molecule has 0 radical (unpaired) electrons. The number of piperazine rings is 1. The maximum absolute atomic E-state index is 12.7. The van der Waals surface area contributed by atoms with Crippen molar-refractivity contribution in [1.29, 1.82) is 0 Å². The van der Waals surface area contributed by atoms with Crippen molar-refractivity contribution in [3.8, 4) is 0 Å². The first kappa shape index (κ1) is 15.0. The van der Waals surface area contributed by atoms with Gasteiger partial charge in [-0.25, -0.2) is 0 Å². The molecule has 2 heterocycles. The van der Waals surface area contributed by atoms with E-state index in [9.17, 15) is 4.79 Å². The fourth-order valence-electron chi connectivity index (χ4n) is 2.71. The van der Waals surface area contributed by atoms with Crippen LogP contribution in [0.4, 0.5) is 0 Å². The maximum atomic E-state index is 12.7. The predicted molar refractivity (Wildman–Crippen MR) is 80.5 cm³/mol. The van der Waals surface area contributed by atoms with Crippen LogP contribution in [0, 0.1) is 11.8 Å². The molecule has 2 unspecified atom stereocenters. The van der Waals surface area contributed by atoms with Crippen LogP contribution in [0.15, 0.2) is 24.4 Å². The number of pyridine rings is 1. The third-order valence-electron chi connectivity index (χ3n) is 4.10. The molecule has 4 heteroatoms.